The van der Waals surface area contributed by atoms with Crippen molar-refractivity contribution in [1.29, 1.82) is 0 Å². The molecule has 0 aliphatic heterocycles. The third kappa shape index (κ3) is 1.97. The lowest BCUT2D eigenvalue weighted by Crippen LogP contribution is -2.03. The van der Waals surface area contributed by atoms with Crippen molar-refractivity contribution in [2.24, 2.45) is 0 Å². The molecule has 3 N–H and O–H groups in total. The number of nitrogens with two attached hydrogens (primary N) is 1. The zero-order valence-corrected chi connectivity index (χ0v) is 6.82. The van der Waals surface area contributed by atoms with Crippen LogP contribution in [0.3, 0.4) is 0 Å². The zero-order chi connectivity index (χ0) is 9.84. The number of hydrogen-bond donors (Lipinski definition) is 2. The van der Waals surface area contributed by atoms with Crippen molar-refractivity contribution in [3.8, 4) is 12.3 Å². The number of hydrogen-bond acceptors (Lipinski definition) is 3. The fourth-order valence-electron chi connectivity index (χ4n) is 0.871. The third-order valence-electron chi connectivity index (χ3n) is 1.52. The number of anilines is 1. The van der Waals surface area contributed by atoms with Gasteiger partial charge in [-0.3, -0.25) is 4.98 Å². The van der Waals surface area contributed by atoms with Gasteiger partial charge in [0.15, 0.2) is 0 Å². The van der Waals surface area contributed by atoms with Gasteiger partial charge in [0, 0.05) is 6.20 Å². The Morgan fingerprint density at radius 1 is 1.77 bits per heavy atom. The summed E-state index contributed by atoms with van der Waals surface area (Å²) in [6, 6.07) is 1.35. The number of carboxylic acids is 1. The number of nitrogen functional groups attached to an aromatic ring is 1. The lowest BCUT2D eigenvalue weighted by molar-refractivity contribution is 0.0696. The molecule has 0 aromatic carbocycles. The molecule has 0 bridgehead atoms. The molecular weight excluding hydrogens is 168 g/mol. The monoisotopic (exact) mass is 176 g/mol. The van der Waals surface area contributed by atoms with Crippen LogP contribution in [0.25, 0.3) is 0 Å². The second-order valence-corrected chi connectivity index (χ2v) is 2.45. The van der Waals surface area contributed by atoms with Gasteiger partial charge >= 0.3 is 5.97 Å². The number of carboxylic acid groups (broad SMARTS) is 1. The first-order chi connectivity index (χ1) is 6.15. The van der Waals surface area contributed by atoms with E-state index in [-0.39, 0.29) is 5.56 Å². The van der Waals surface area contributed by atoms with Gasteiger partial charge in [-0.1, -0.05) is 0 Å². The molecule has 0 aliphatic carbocycles. The van der Waals surface area contributed by atoms with Crippen molar-refractivity contribution in [1.82, 2.24) is 4.98 Å². The molecule has 4 nitrogen and oxygen atoms in total. The van der Waals surface area contributed by atoms with Crippen molar-refractivity contribution in [2.45, 2.75) is 6.42 Å². The summed E-state index contributed by atoms with van der Waals surface area (Å²) in [5, 5.41) is 8.59. The molecule has 0 saturated heterocycles. The molecule has 0 saturated carbocycles. The number of aromatic carboxylic acids is 1. The highest BCUT2D eigenvalue weighted by molar-refractivity contribution is 5.88. The molecule has 1 aromatic heterocycles. The summed E-state index contributed by atoms with van der Waals surface area (Å²) in [6.45, 7) is 0. The highest BCUT2D eigenvalue weighted by Crippen LogP contribution is 2.11. The maximum atomic E-state index is 10.5. The zero-order valence-electron chi connectivity index (χ0n) is 6.82. The van der Waals surface area contributed by atoms with Crippen LogP contribution in [0.5, 0.6) is 0 Å². The minimum Gasteiger partial charge on any atom is -0.478 e. The van der Waals surface area contributed by atoms with Crippen LogP contribution >= 0.6 is 0 Å². The standard InChI is InChI=1S/C9H8N2O2/c1-2-3-8-7(10)4-6(5-11-8)9(12)13/h1,4-5H,3,10H2,(H,12,13). The molecule has 66 valence electrons. The van der Waals surface area contributed by atoms with E-state index in [1.54, 1.807) is 0 Å². The van der Waals surface area contributed by atoms with Crippen molar-refractivity contribution < 1.29 is 9.90 Å². The van der Waals surface area contributed by atoms with E-state index in [4.69, 9.17) is 17.3 Å². The summed E-state index contributed by atoms with van der Waals surface area (Å²) in [6.07, 6.45) is 6.62. The van der Waals surface area contributed by atoms with Crippen LogP contribution in [0.15, 0.2) is 12.3 Å². The minimum atomic E-state index is -1.05. The number of rotatable bonds is 2. The van der Waals surface area contributed by atoms with E-state index >= 15 is 0 Å². The number of nitrogens with zero attached hydrogens (tertiary/aromatic N) is 1. The van der Waals surface area contributed by atoms with Crippen LogP contribution in [-0.4, -0.2) is 16.1 Å². The second kappa shape index (κ2) is 3.59. The molecule has 0 spiro atoms. The van der Waals surface area contributed by atoms with Gasteiger partial charge in [-0.05, 0) is 6.07 Å². The van der Waals surface area contributed by atoms with Crippen LogP contribution < -0.4 is 5.73 Å². The summed E-state index contributed by atoms with van der Waals surface area (Å²) < 4.78 is 0. The summed E-state index contributed by atoms with van der Waals surface area (Å²) in [7, 11) is 0. The average Bonchev–Trinajstić information content (AvgIpc) is 2.08. The van der Waals surface area contributed by atoms with E-state index in [0.717, 1.165) is 0 Å². The predicted octanol–water partition coefficient (Wildman–Crippen LogP) is 0.538. The molecule has 0 fully saturated rings. The Labute approximate surface area is 75.4 Å². The number of carbonyl (C=O) groups is 1. The quantitative estimate of drug-likeness (QED) is 0.645. The maximum Gasteiger partial charge on any atom is 0.337 e. The summed E-state index contributed by atoms with van der Waals surface area (Å²) in [5.41, 5.74) is 6.44. The molecular formula is C9H8N2O2. The largest absolute Gasteiger partial charge is 0.478 e. The van der Waals surface area contributed by atoms with Crippen LogP contribution in [0, 0.1) is 12.3 Å². The lowest BCUT2D eigenvalue weighted by atomic mass is 10.2. The number of aromatic nitrogens is 1. The first-order valence-electron chi connectivity index (χ1n) is 3.56. The SMILES string of the molecule is C#CCc1ncc(C(=O)O)cc1N. The molecule has 0 radical (unpaired) electrons. The molecule has 0 amide bonds. The second-order valence-electron chi connectivity index (χ2n) is 2.45. The minimum absolute atomic E-state index is 0.0678. The highest BCUT2D eigenvalue weighted by Gasteiger charge is 2.06. The van der Waals surface area contributed by atoms with Gasteiger partial charge in [0.2, 0.25) is 0 Å². The topological polar surface area (TPSA) is 76.2 Å². The Hall–Kier alpha value is -2.02. The third-order valence-corrected chi connectivity index (χ3v) is 1.52. The van der Waals surface area contributed by atoms with Gasteiger partial charge in [-0.25, -0.2) is 4.79 Å². The molecule has 4 heteroatoms. The van der Waals surface area contributed by atoms with E-state index in [1.807, 2.05) is 0 Å². The smallest absolute Gasteiger partial charge is 0.337 e. The highest BCUT2D eigenvalue weighted by atomic mass is 16.4. The number of pyridine rings is 1. The molecule has 1 rings (SSSR count). The van der Waals surface area contributed by atoms with Crippen LogP contribution in [0.2, 0.25) is 0 Å². The Balaban J connectivity index is 3.07. The Morgan fingerprint density at radius 3 is 2.92 bits per heavy atom. The molecule has 0 atom stereocenters. The molecule has 1 heterocycles. The van der Waals surface area contributed by atoms with E-state index < -0.39 is 5.97 Å². The van der Waals surface area contributed by atoms with Crippen LogP contribution in [-0.2, 0) is 6.42 Å². The van der Waals surface area contributed by atoms with Crippen molar-refractivity contribution >= 4 is 11.7 Å². The Kier molecular flexibility index (Phi) is 2.50. The fourth-order valence-corrected chi connectivity index (χ4v) is 0.871. The fraction of sp³-hybridized carbons (Fsp3) is 0.111. The average molecular weight is 176 g/mol. The molecule has 0 aliphatic rings. The summed E-state index contributed by atoms with van der Waals surface area (Å²) in [5.74, 6) is 1.33. The first-order valence-corrected chi connectivity index (χ1v) is 3.56. The Bertz CT molecular complexity index is 380. The maximum absolute atomic E-state index is 10.5. The van der Waals surface area contributed by atoms with Gasteiger partial charge < -0.3 is 10.8 Å². The first kappa shape index (κ1) is 9.07. The van der Waals surface area contributed by atoms with Crippen LogP contribution in [0.1, 0.15) is 16.1 Å². The van der Waals surface area contributed by atoms with Gasteiger partial charge in [-0.15, -0.1) is 12.3 Å². The van der Waals surface area contributed by atoms with E-state index in [0.29, 0.717) is 17.8 Å². The Morgan fingerprint density at radius 2 is 2.46 bits per heavy atom. The van der Waals surface area contributed by atoms with Crippen molar-refractivity contribution in [3.05, 3.63) is 23.5 Å². The van der Waals surface area contributed by atoms with Gasteiger partial charge in [-0.2, -0.15) is 0 Å². The summed E-state index contributed by atoms with van der Waals surface area (Å²) in [4.78, 5) is 14.3. The molecule has 0 unspecified atom stereocenters. The number of terminal acetylenes is 1. The summed E-state index contributed by atoms with van der Waals surface area (Å²) >= 11 is 0. The van der Waals surface area contributed by atoms with Crippen molar-refractivity contribution in [2.75, 3.05) is 5.73 Å². The molecule has 13 heavy (non-hydrogen) atoms. The lowest BCUT2D eigenvalue weighted by Gasteiger charge is -2.01. The van der Waals surface area contributed by atoms with E-state index in [1.165, 1.54) is 12.3 Å². The van der Waals surface area contributed by atoms with E-state index in [2.05, 4.69) is 10.9 Å². The normalized spacial score (nSPS) is 9.15. The van der Waals surface area contributed by atoms with Gasteiger partial charge in [0.25, 0.3) is 0 Å². The molecule has 1 aromatic rings. The van der Waals surface area contributed by atoms with E-state index in [9.17, 15) is 4.79 Å². The predicted molar refractivity (Wildman–Crippen MR) is 48.1 cm³/mol. The van der Waals surface area contributed by atoms with Gasteiger partial charge in [0.05, 0.1) is 23.4 Å². The van der Waals surface area contributed by atoms with Crippen molar-refractivity contribution in [3.63, 3.8) is 0 Å². The van der Waals surface area contributed by atoms with Crippen LogP contribution in [0.4, 0.5) is 5.69 Å². The van der Waals surface area contributed by atoms with Gasteiger partial charge in [0.1, 0.15) is 0 Å².